The zero-order valence-corrected chi connectivity index (χ0v) is 32.5. The van der Waals surface area contributed by atoms with Crippen molar-refractivity contribution < 1.29 is 0 Å². The van der Waals surface area contributed by atoms with Crippen LogP contribution in [0.15, 0.2) is 24.3 Å². The van der Waals surface area contributed by atoms with Gasteiger partial charge in [0, 0.05) is 10.1 Å². The second-order valence-corrected chi connectivity index (χ2v) is 21.0. The first-order valence-corrected chi connectivity index (χ1v) is 21.3. The average molecular weight is 635 g/mol. The van der Waals surface area contributed by atoms with E-state index in [1.54, 1.807) is 11.1 Å². The third-order valence-electron chi connectivity index (χ3n) is 9.64. The van der Waals surface area contributed by atoms with E-state index in [2.05, 4.69) is 93.5 Å². The minimum atomic E-state index is -0.324. The van der Waals surface area contributed by atoms with Crippen molar-refractivity contribution in [1.82, 2.24) is 0 Å². The fourth-order valence-corrected chi connectivity index (χ4v) is 17.5. The van der Waals surface area contributed by atoms with Gasteiger partial charge in [0.05, 0.1) is 0 Å². The predicted molar refractivity (Wildman–Crippen MR) is 208 cm³/mol. The largest absolute Gasteiger partial charge is 0.107 e. The second kappa shape index (κ2) is 18.3. The number of benzene rings is 2. The van der Waals surface area contributed by atoms with Crippen LogP contribution in [0.5, 0.6) is 0 Å². The van der Waals surface area contributed by atoms with Crippen LogP contribution >= 0.6 is 15.1 Å². The summed E-state index contributed by atoms with van der Waals surface area (Å²) in [4.78, 5) is 0. The van der Waals surface area contributed by atoms with Crippen molar-refractivity contribution in [2.45, 2.75) is 177 Å². The highest BCUT2D eigenvalue weighted by molar-refractivity contribution is 8.15. The Morgan fingerprint density at radius 3 is 1.05 bits per heavy atom. The Balaban J connectivity index is 1.64. The van der Waals surface area contributed by atoms with Gasteiger partial charge in [-0.15, -0.1) is 7.17 Å². The monoisotopic (exact) mass is 634 g/mol. The van der Waals surface area contributed by atoms with Crippen LogP contribution in [0, 0.1) is 41.5 Å². The van der Waals surface area contributed by atoms with E-state index in [-0.39, 0.29) is 20.2 Å². The third kappa shape index (κ3) is 10.5. The molecule has 1 aliphatic rings. The molecule has 2 aromatic carbocycles. The Kier molecular flexibility index (Phi) is 15.5. The maximum atomic E-state index is 2.51. The molecule has 44 heavy (non-hydrogen) atoms. The molecule has 0 spiro atoms. The van der Waals surface area contributed by atoms with Gasteiger partial charge in [0.1, 0.15) is 0 Å². The van der Waals surface area contributed by atoms with Gasteiger partial charge in [-0.1, -0.05) is 159 Å². The summed E-state index contributed by atoms with van der Waals surface area (Å²) in [6.45, 7) is 23.9. The van der Waals surface area contributed by atoms with Crippen molar-refractivity contribution in [2.24, 2.45) is 0 Å². The molecule has 2 heteroatoms. The molecule has 0 amide bonds. The number of aryl methyl sites for hydroxylation is 6. The molecule has 0 nitrogen and oxygen atoms in total. The normalized spacial score (nSPS) is 16.1. The van der Waals surface area contributed by atoms with Crippen molar-refractivity contribution in [3.05, 3.63) is 68.8 Å². The van der Waals surface area contributed by atoms with Gasteiger partial charge in [-0.25, -0.2) is 0 Å². The van der Waals surface area contributed by atoms with Crippen LogP contribution in [-0.2, 0) is 0 Å². The number of unbranched alkanes of at least 4 members (excludes halogenated alkanes) is 15. The molecule has 0 unspecified atom stereocenters. The van der Waals surface area contributed by atoms with Gasteiger partial charge >= 0.3 is 0 Å². The molecule has 1 aliphatic heterocycles. The van der Waals surface area contributed by atoms with E-state index in [1.165, 1.54) is 142 Å². The highest BCUT2D eigenvalue weighted by Gasteiger charge is 2.41. The molecule has 2 aromatic rings. The summed E-state index contributed by atoms with van der Waals surface area (Å²) in [5, 5.41) is 4.02. The molecule has 0 N–H and O–H groups in total. The van der Waals surface area contributed by atoms with Gasteiger partial charge < -0.3 is 0 Å². The lowest BCUT2D eigenvalue weighted by molar-refractivity contribution is 0.531. The summed E-state index contributed by atoms with van der Waals surface area (Å²) in [6.07, 6.45) is 24.4. The average Bonchev–Trinajstić information content (AvgIpc) is 2.91. The van der Waals surface area contributed by atoms with Crippen LogP contribution in [0.3, 0.4) is 0 Å². The van der Waals surface area contributed by atoms with Crippen LogP contribution in [0.4, 0.5) is 0 Å². The Morgan fingerprint density at radius 2 is 0.750 bits per heavy atom. The molecule has 0 bridgehead atoms. The molecule has 246 valence electrons. The second-order valence-electron chi connectivity index (χ2n) is 15.2. The van der Waals surface area contributed by atoms with E-state index in [0.717, 1.165) is 0 Å². The Labute approximate surface area is 276 Å². The van der Waals surface area contributed by atoms with Crippen LogP contribution in [0.1, 0.15) is 175 Å². The van der Waals surface area contributed by atoms with Crippen LogP contribution in [-0.4, -0.2) is 21.4 Å². The summed E-state index contributed by atoms with van der Waals surface area (Å²) >= 11 is 0. The van der Waals surface area contributed by atoms with E-state index < -0.39 is 0 Å². The lowest BCUT2D eigenvalue weighted by Crippen LogP contribution is -2.29. The highest BCUT2D eigenvalue weighted by atomic mass is 31.2. The summed E-state index contributed by atoms with van der Waals surface area (Å²) in [6, 6.07) is 9.75. The van der Waals surface area contributed by atoms with Gasteiger partial charge in [-0.05, 0) is 101 Å². The van der Waals surface area contributed by atoms with Crippen molar-refractivity contribution in [2.75, 3.05) is 6.16 Å². The minimum absolute atomic E-state index is 0.245. The fourth-order valence-electron chi connectivity index (χ4n) is 7.62. The molecule has 0 aliphatic carbocycles. The molecule has 0 saturated carbocycles. The number of hydrogen-bond acceptors (Lipinski definition) is 0. The Bertz CT molecular complexity index is 1180. The zero-order valence-electron chi connectivity index (χ0n) is 30.7. The fraction of sp³-hybridized carbons (Fsp3) is 0.667. The minimum Gasteiger partial charge on any atom is -0.107 e. The van der Waals surface area contributed by atoms with E-state index >= 15 is 0 Å². The van der Waals surface area contributed by atoms with Gasteiger partial charge in [0.2, 0.25) is 0 Å². The molecule has 3 rings (SSSR count). The van der Waals surface area contributed by atoms with Gasteiger partial charge in [-0.2, -0.15) is 0 Å². The molecule has 0 radical (unpaired) electrons. The Morgan fingerprint density at radius 1 is 0.455 bits per heavy atom. The first kappa shape index (κ1) is 37.4. The predicted octanol–water partition coefficient (Wildman–Crippen LogP) is 14.2. The van der Waals surface area contributed by atoms with E-state index in [1.807, 2.05) is 10.1 Å². The summed E-state index contributed by atoms with van der Waals surface area (Å²) in [5.41, 5.74) is 12.1. The van der Waals surface area contributed by atoms with Crippen LogP contribution in [0.2, 0.25) is 0 Å². The first-order valence-electron chi connectivity index (χ1n) is 18.5. The summed E-state index contributed by atoms with van der Waals surface area (Å²) < 4.78 is 0. The third-order valence-corrected chi connectivity index (χ3v) is 17.2. The maximum Gasteiger partial charge on any atom is 0.00894 e. The van der Waals surface area contributed by atoms with Crippen LogP contribution < -0.4 is 0 Å². The van der Waals surface area contributed by atoms with E-state index in [4.69, 9.17) is 0 Å². The SMILES string of the molecule is CCCCCCCCCCCCCCCCCCP1=C(c2c(C)cc(C)cc2C)P(C(C)(C)C)C=1c1c(C)cc(C)cc1C. The quantitative estimate of drug-likeness (QED) is 0.107. The smallest absolute Gasteiger partial charge is 0.00894 e. The number of hydrogen-bond donors (Lipinski definition) is 0. The topological polar surface area (TPSA) is 0 Å². The molecule has 0 saturated heterocycles. The maximum absolute atomic E-state index is 2.51. The van der Waals surface area contributed by atoms with E-state index in [9.17, 15) is 0 Å². The van der Waals surface area contributed by atoms with Gasteiger partial charge in [0.25, 0.3) is 0 Å². The number of rotatable bonds is 19. The van der Waals surface area contributed by atoms with Crippen molar-refractivity contribution in [3.63, 3.8) is 0 Å². The van der Waals surface area contributed by atoms with Crippen molar-refractivity contribution in [3.8, 4) is 0 Å². The molecule has 0 aromatic heterocycles. The molecular weight excluding hydrogens is 566 g/mol. The molecular formula is C42H68P2. The summed E-state index contributed by atoms with van der Waals surface area (Å²) in [7, 11) is -0.569. The Hall–Kier alpha value is -1.09. The van der Waals surface area contributed by atoms with Crippen molar-refractivity contribution in [1.29, 1.82) is 0 Å². The van der Waals surface area contributed by atoms with Gasteiger partial charge in [-0.3, -0.25) is 0 Å². The lowest BCUT2D eigenvalue weighted by atomic mass is 10.0. The summed E-state index contributed by atoms with van der Waals surface area (Å²) in [5.74, 6) is 0. The first-order chi connectivity index (χ1) is 21.0. The standard InChI is InChI=1S/C42H68P2/c1-11-12-13-14-15-16-17-18-19-20-21-22-23-24-25-26-27-43-40(38-34(4)28-32(2)29-35(38)5)44(42(8,9)10)41(43)39-36(6)30-33(3)31-37(39)7/h28-31H,11-27H2,1-10H3. The van der Waals surface area contributed by atoms with Gasteiger partial charge in [0.15, 0.2) is 0 Å². The van der Waals surface area contributed by atoms with Crippen LogP contribution in [0.25, 0.3) is 0 Å². The highest BCUT2D eigenvalue weighted by Crippen LogP contribution is 2.68. The van der Waals surface area contributed by atoms with E-state index in [0.29, 0.717) is 0 Å². The lowest BCUT2D eigenvalue weighted by Gasteiger charge is -2.44. The molecule has 1 heterocycles. The molecule has 0 fully saturated rings. The molecule has 0 atom stereocenters. The van der Waals surface area contributed by atoms with Crippen molar-refractivity contribution >= 4 is 25.2 Å². The zero-order chi connectivity index (χ0) is 32.3.